The van der Waals surface area contributed by atoms with Gasteiger partial charge in [0.05, 0.1) is 16.8 Å². The van der Waals surface area contributed by atoms with Crippen molar-refractivity contribution < 1.29 is 9.31 Å². The number of hydrogen-bond acceptors (Lipinski definition) is 4. The van der Waals surface area contributed by atoms with E-state index in [2.05, 4.69) is 10.3 Å². The van der Waals surface area contributed by atoms with E-state index in [1.165, 1.54) is 0 Å². The van der Waals surface area contributed by atoms with E-state index in [0.29, 0.717) is 5.92 Å². The van der Waals surface area contributed by atoms with Crippen LogP contribution in [0.4, 0.5) is 0 Å². The van der Waals surface area contributed by atoms with Crippen molar-refractivity contribution in [3.05, 3.63) is 22.8 Å². The molecule has 0 aliphatic carbocycles. The smallest absolute Gasteiger partial charge is 0.398 e. The summed E-state index contributed by atoms with van der Waals surface area (Å²) >= 11 is 6.38. The molecule has 2 fully saturated rings. The molecule has 2 aliphatic rings. The van der Waals surface area contributed by atoms with Gasteiger partial charge < -0.3 is 14.6 Å². The van der Waals surface area contributed by atoms with Crippen LogP contribution in [0.1, 0.15) is 39.2 Å². The van der Waals surface area contributed by atoms with Crippen LogP contribution in [-0.4, -0.2) is 36.4 Å². The number of aromatic nitrogens is 1. The van der Waals surface area contributed by atoms with E-state index in [9.17, 15) is 0 Å². The Morgan fingerprint density at radius 1 is 1.25 bits per heavy atom. The molecule has 0 unspecified atom stereocenters. The first-order valence-electron chi connectivity index (χ1n) is 7.02. The zero-order valence-electron chi connectivity index (χ0n) is 12.4. The average molecular weight is 295 g/mol. The van der Waals surface area contributed by atoms with Crippen molar-refractivity contribution >= 4 is 24.3 Å². The molecule has 6 heteroatoms. The molecular weight excluding hydrogens is 274 g/mol. The fourth-order valence-electron chi connectivity index (χ4n) is 2.36. The minimum atomic E-state index is -0.453. The van der Waals surface area contributed by atoms with Crippen molar-refractivity contribution in [3.63, 3.8) is 0 Å². The normalized spacial score (nSPS) is 24.8. The standard InChI is InChI=1S/C14H20BClN2O2/c1-13(2)14(3,4)20-15(19-13)12-5-11(16)10(8-18-12)9-6-17-7-9/h5,8-9,17H,6-7H2,1-4H3. The Kier molecular flexibility index (Phi) is 3.37. The third-order valence-corrected chi connectivity index (χ3v) is 4.95. The van der Waals surface area contributed by atoms with Gasteiger partial charge in [0.25, 0.3) is 0 Å². The van der Waals surface area contributed by atoms with Crippen LogP contribution in [0.5, 0.6) is 0 Å². The monoisotopic (exact) mass is 294 g/mol. The van der Waals surface area contributed by atoms with Crippen LogP contribution in [-0.2, 0) is 9.31 Å². The Hall–Kier alpha value is -0.615. The highest BCUT2D eigenvalue weighted by Crippen LogP contribution is 2.36. The zero-order valence-corrected chi connectivity index (χ0v) is 13.1. The third kappa shape index (κ3) is 2.27. The van der Waals surface area contributed by atoms with Crippen molar-refractivity contribution in [2.24, 2.45) is 0 Å². The van der Waals surface area contributed by atoms with Crippen LogP contribution in [0.15, 0.2) is 12.3 Å². The second-order valence-electron chi connectivity index (χ2n) is 6.57. The second kappa shape index (κ2) is 4.70. The summed E-state index contributed by atoms with van der Waals surface area (Å²) in [5, 5.41) is 3.99. The molecule has 4 nitrogen and oxygen atoms in total. The molecule has 3 rings (SSSR count). The quantitative estimate of drug-likeness (QED) is 0.844. The molecule has 1 aromatic rings. The molecule has 1 N–H and O–H groups in total. The SMILES string of the molecule is CC1(C)OB(c2cc(Cl)c(C3CNC3)cn2)OC1(C)C. The van der Waals surface area contributed by atoms with Crippen LogP contribution >= 0.6 is 11.6 Å². The van der Waals surface area contributed by atoms with Gasteiger partial charge in [0, 0.05) is 30.2 Å². The Morgan fingerprint density at radius 2 is 1.85 bits per heavy atom. The van der Waals surface area contributed by atoms with Gasteiger partial charge in [-0.3, -0.25) is 4.98 Å². The van der Waals surface area contributed by atoms with Crippen molar-refractivity contribution in [1.82, 2.24) is 10.3 Å². The van der Waals surface area contributed by atoms with Gasteiger partial charge >= 0.3 is 7.12 Å². The highest BCUT2D eigenvalue weighted by Gasteiger charge is 2.52. The number of halogens is 1. The van der Waals surface area contributed by atoms with E-state index in [0.717, 1.165) is 29.3 Å². The minimum absolute atomic E-state index is 0.359. The summed E-state index contributed by atoms with van der Waals surface area (Å²) in [5.41, 5.74) is 1.13. The highest BCUT2D eigenvalue weighted by atomic mass is 35.5. The lowest BCUT2D eigenvalue weighted by Gasteiger charge is -2.32. The molecule has 3 heterocycles. The van der Waals surface area contributed by atoms with E-state index in [4.69, 9.17) is 20.9 Å². The summed E-state index contributed by atoms with van der Waals surface area (Å²) in [6, 6.07) is 1.87. The van der Waals surface area contributed by atoms with Crippen molar-refractivity contribution in [2.45, 2.75) is 44.8 Å². The molecule has 20 heavy (non-hydrogen) atoms. The molecule has 1 aromatic heterocycles. The van der Waals surface area contributed by atoms with Crippen molar-refractivity contribution in [1.29, 1.82) is 0 Å². The minimum Gasteiger partial charge on any atom is -0.398 e. The predicted molar refractivity (Wildman–Crippen MR) is 80.6 cm³/mol. The average Bonchev–Trinajstić information content (AvgIpc) is 2.48. The van der Waals surface area contributed by atoms with Gasteiger partial charge in [-0.15, -0.1) is 0 Å². The molecule has 0 saturated carbocycles. The lowest BCUT2D eigenvalue weighted by Crippen LogP contribution is -2.41. The molecule has 0 atom stereocenters. The van der Waals surface area contributed by atoms with E-state index < -0.39 is 7.12 Å². The maximum Gasteiger partial charge on any atom is 0.514 e. The largest absolute Gasteiger partial charge is 0.514 e. The Balaban J connectivity index is 1.83. The number of nitrogens with one attached hydrogen (secondary N) is 1. The highest BCUT2D eigenvalue weighted by molar-refractivity contribution is 6.61. The van der Waals surface area contributed by atoms with Crippen LogP contribution in [0, 0.1) is 0 Å². The fraction of sp³-hybridized carbons (Fsp3) is 0.643. The Labute approximate surface area is 125 Å². The molecule has 2 saturated heterocycles. The molecule has 0 radical (unpaired) electrons. The van der Waals surface area contributed by atoms with Crippen LogP contribution in [0.25, 0.3) is 0 Å². The Bertz CT molecular complexity index is 516. The molecular formula is C14H20BClN2O2. The van der Waals surface area contributed by atoms with Crippen LogP contribution in [0.3, 0.4) is 0 Å². The van der Waals surface area contributed by atoms with E-state index >= 15 is 0 Å². The first-order chi connectivity index (χ1) is 9.30. The number of pyridine rings is 1. The number of nitrogens with zero attached hydrogens (tertiary/aromatic N) is 1. The van der Waals surface area contributed by atoms with E-state index in [-0.39, 0.29) is 11.2 Å². The lowest BCUT2D eigenvalue weighted by molar-refractivity contribution is 0.00578. The fourth-order valence-corrected chi connectivity index (χ4v) is 2.67. The molecule has 0 aromatic carbocycles. The van der Waals surface area contributed by atoms with Gasteiger partial charge in [0.1, 0.15) is 0 Å². The van der Waals surface area contributed by atoms with Crippen molar-refractivity contribution in [2.75, 3.05) is 13.1 Å². The maximum absolute atomic E-state index is 6.38. The molecule has 0 bridgehead atoms. The lowest BCUT2D eigenvalue weighted by atomic mass is 9.83. The number of rotatable bonds is 2. The van der Waals surface area contributed by atoms with E-state index in [1.54, 1.807) is 0 Å². The van der Waals surface area contributed by atoms with E-state index in [1.807, 2.05) is 40.0 Å². The Morgan fingerprint density at radius 3 is 2.30 bits per heavy atom. The maximum atomic E-state index is 6.38. The van der Waals surface area contributed by atoms with Crippen molar-refractivity contribution in [3.8, 4) is 0 Å². The van der Waals surface area contributed by atoms with Gasteiger partial charge in [-0.05, 0) is 39.3 Å². The first-order valence-corrected chi connectivity index (χ1v) is 7.40. The second-order valence-corrected chi connectivity index (χ2v) is 6.98. The van der Waals surface area contributed by atoms with Gasteiger partial charge in [-0.25, -0.2) is 0 Å². The predicted octanol–water partition coefficient (Wildman–Crippen LogP) is 1.72. The topological polar surface area (TPSA) is 43.4 Å². The van der Waals surface area contributed by atoms with Gasteiger partial charge in [0.2, 0.25) is 0 Å². The first kappa shape index (κ1) is 14.3. The molecule has 0 amide bonds. The summed E-state index contributed by atoms with van der Waals surface area (Å²) in [7, 11) is -0.453. The van der Waals surface area contributed by atoms with Gasteiger partial charge in [0.15, 0.2) is 0 Å². The number of hydrogen-bond donors (Lipinski definition) is 1. The summed E-state index contributed by atoms with van der Waals surface area (Å²) < 4.78 is 12.0. The zero-order chi connectivity index (χ0) is 14.5. The molecule has 108 valence electrons. The summed E-state index contributed by atoms with van der Waals surface area (Å²) in [6.45, 7) is 10.1. The molecule has 2 aliphatic heterocycles. The van der Waals surface area contributed by atoms with Crippen LogP contribution in [0.2, 0.25) is 5.02 Å². The van der Waals surface area contributed by atoms with Gasteiger partial charge in [-0.2, -0.15) is 0 Å². The van der Waals surface area contributed by atoms with Gasteiger partial charge in [-0.1, -0.05) is 11.6 Å². The van der Waals surface area contributed by atoms with Crippen LogP contribution < -0.4 is 10.9 Å². The third-order valence-electron chi connectivity index (χ3n) is 4.62. The summed E-state index contributed by atoms with van der Waals surface area (Å²) in [6.07, 6.45) is 1.86. The molecule has 0 spiro atoms. The summed E-state index contributed by atoms with van der Waals surface area (Å²) in [4.78, 5) is 4.49. The summed E-state index contributed by atoms with van der Waals surface area (Å²) in [5.74, 6) is 0.474.